The highest BCUT2D eigenvalue weighted by Gasteiger charge is 2.33. The topological polar surface area (TPSA) is 120 Å². The molecule has 1 N–H and O–H groups in total. The largest absolute Gasteiger partial charge is 0.466 e. The Morgan fingerprint density at radius 2 is 2.31 bits per heavy atom. The summed E-state index contributed by atoms with van der Waals surface area (Å²) >= 11 is 0. The van der Waals surface area contributed by atoms with Crippen molar-refractivity contribution in [1.29, 1.82) is 0 Å². The van der Waals surface area contributed by atoms with Crippen LogP contribution in [0.4, 0.5) is 17.3 Å². The molecular weight excluding hydrogens is 342 g/mol. The molecule has 144 valence electrons. The predicted octanol–water partition coefficient (Wildman–Crippen LogP) is 1.61. The molecule has 26 heavy (non-hydrogen) atoms. The number of carbonyl (C=O) groups is 1. The summed E-state index contributed by atoms with van der Waals surface area (Å²) in [5.74, 6) is -0.175. The van der Waals surface area contributed by atoms with E-state index < -0.39 is 4.92 Å². The lowest BCUT2D eigenvalue weighted by Gasteiger charge is -2.32. The summed E-state index contributed by atoms with van der Waals surface area (Å²) in [6, 6.07) is 0. The summed E-state index contributed by atoms with van der Waals surface area (Å²) in [6.45, 7) is 4.06. The van der Waals surface area contributed by atoms with Crippen LogP contribution in [-0.2, 0) is 14.3 Å². The fourth-order valence-corrected chi connectivity index (χ4v) is 2.94. The first-order valence-corrected chi connectivity index (χ1v) is 8.72. The number of methoxy groups -OCH3 is 1. The number of anilines is 2. The van der Waals surface area contributed by atoms with Gasteiger partial charge >= 0.3 is 11.7 Å². The Hall–Kier alpha value is -2.49. The lowest BCUT2D eigenvalue weighted by Crippen LogP contribution is -2.40. The molecule has 0 radical (unpaired) electrons. The summed E-state index contributed by atoms with van der Waals surface area (Å²) in [5.41, 5.74) is -0.172. The number of esters is 1. The van der Waals surface area contributed by atoms with Crippen molar-refractivity contribution in [3.63, 3.8) is 0 Å². The first-order chi connectivity index (χ1) is 12.6. The Kier molecular flexibility index (Phi) is 7.52. The van der Waals surface area contributed by atoms with Gasteiger partial charge < -0.3 is 19.7 Å². The van der Waals surface area contributed by atoms with Crippen molar-refractivity contribution in [1.82, 2.24) is 9.97 Å². The highest BCUT2D eigenvalue weighted by molar-refractivity contribution is 5.75. The van der Waals surface area contributed by atoms with Crippen LogP contribution in [0.1, 0.15) is 26.2 Å². The fourth-order valence-electron chi connectivity index (χ4n) is 2.94. The van der Waals surface area contributed by atoms with Crippen LogP contribution in [0, 0.1) is 16.0 Å². The van der Waals surface area contributed by atoms with Gasteiger partial charge in [-0.15, -0.1) is 0 Å². The lowest BCUT2D eigenvalue weighted by atomic mass is 9.98. The van der Waals surface area contributed by atoms with E-state index in [9.17, 15) is 14.9 Å². The average Bonchev–Trinajstić information content (AvgIpc) is 2.65. The zero-order valence-corrected chi connectivity index (χ0v) is 15.1. The Balaban J connectivity index is 2.19. The van der Waals surface area contributed by atoms with Gasteiger partial charge in [0.25, 0.3) is 0 Å². The van der Waals surface area contributed by atoms with Crippen molar-refractivity contribution >= 4 is 23.3 Å². The van der Waals surface area contributed by atoms with Gasteiger partial charge in [-0.3, -0.25) is 14.9 Å². The number of nitrogens with one attached hydrogen (secondary N) is 1. The Morgan fingerprint density at radius 1 is 1.50 bits per heavy atom. The third-order valence-corrected chi connectivity index (χ3v) is 4.14. The van der Waals surface area contributed by atoms with Crippen LogP contribution in [0.3, 0.4) is 0 Å². The van der Waals surface area contributed by atoms with Gasteiger partial charge in [-0.25, -0.2) is 9.97 Å². The van der Waals surface area contributed by atoms with Crippen LogP contribution >= 0.6 is 0 Å². The Labute approximate surface area is 152 Å². The highest BCUT2D eigenvalue weighted by atomic mass is 16.6. The quantitative estimate of drug-likeness (QED) is 0.300. The third-order valence-electron chi connectivity index (χ3n) is 4.14. The third kappa shape index (κ3) is 5.01. The summed E-state index contributed by atoms with van der Waals surface area (Å²) in [7, 11) is 1.60. The van der Waals surface area contributed by atoms with Crippen molar-refractivity contribution < 1.29 is 19.2 Å². The van der Waals surface area contributed by atoms with E-state index in [4.69, 9.17) is 9.47 Å². The number of carbonyl (C=O) groups excluding carboxylic acids is 1. The second-order valence-electron chi connectivity index (χ2n) is 5.96. The maximum Gasteiger partial charge on any atom is 0.353 e. The summed E-state index contributed by atoms with van der Waals surface area (Å²) in [5, 5.41) is 14.6. The normalized spacial score (nSPS) is 17.0. The van der Waals surface area contributed by atoms with Crippen LogP contribution < -0.4 is 10.2 Å². The van der Waals surface area contributed by atoms with Gasteiger partial charge in [-0.05, 0) is 26.2 Å². The molecule has 1 aliphatic heterocycles. The maximum atomic E-state index is 12.0. The van der Waals surface area contributed by atoms with E-state index in [0.717, 1.165) is 6.42 Å². The number of aromatic nitrogens is 2. The highest BCUT2D eigenvalue weighted by Crippen LogP contribution is 2.34. The zero-order chi connectivity index (χ0) is 18.9. The second kappa shape index (κ2) is 9.85. The molecule has 0 spiro atoms. The lowest BCUT2D eigenvalue weighted by molar-refractivity contribution is -0.383. The number of nitrogens with zero attached hydrogens (tertiary/aromatic N) is 4. The standard InChI is InChI=1S/C16H25N5O5/c1-3-26-16(22)12-6-4-8-20(10-12)15-13(21(23)24)14(18-11-19-15)17-7-5-9-25-2/h11-12H,3-10H2,1-2H3,(H,17,18,19). The van der Waals surface area contributed by atoms with Crippen LogP contribution in [0.2, 0.25) is 0 Å². The van der Waals surface area contributed by atoms with Crippen LogP contribution in [0.15, 0.2) is 6.33 Å². The smallest absolute Gasteiger partial charge is 0.353 e. The molecule has 1 saturated heterocycles. The molecule has 1 aliphatic rings. The number of hydrogen-bond donors (Lipinski definition) is 1. The number of piperidine rings is 1. The summed E-state index contributed by atoms with van der Waals surface area (Å²) in [6.07, 6.45) is 3.44. The molecule has 2 rings (SSSR count). The molecule has 0 saturated carbocycles. The van der Waals surface area contributed by atoms with Gasteiger partial charge in [0.2, 0.25) is 11.6 Å². The minimum Gasteiger partial charge on any atom is -0.466 e. The van der Waals surface area contributed by atoms with Gasteiger partial charge in [0.15, 0.2) is 0 Å². The molecule has 0 aromatic carbocycles. The average molecular weight is 367 g/mol. The molecule has 1 unspecified atom stereocenters. The number of rotatable bonds is 9. The molecule has 0 amide bonds. The second-order valence-corrected chi connectivity index (χ2v) is 5.96. The monoisotopic (exact) mass is 367 g/mol. The first kappa shape index (κ1) is 19.8. The van der Waals surface area contributed by atoms with Crippen LogP contribution in [-0.4, -0.2) is 60.8 Å². The Morgan fingerprint density at radius 3 is 3.00 bits per heavy atom. The predicted molar refractivity (Wildman–Crippen MR) is 95.2 cm³/mol. The molecule has 1 atom stereocenters. The number of nitro groups is 1. The molecule has 0 aliphatic carbocycles. The summed E-state index contributed by atoms with van der Waals surface area (Å²) < 4.78 is 10.1. The molecule has 1 aromatic heterocycles. The molecule has 10 nitrogen and oxygen atoms in total. The van der Waals surface area contributed by atoms with E-state index in [-0.39, 0.29) is 29.2 Å². The minimum absolute atomic E-state index is 0.172. The van der Waals surface area contributed by atoms with E-state index in [2.05, 4.69) is 15.3 Å². The van der Waals surface area contributed by atoms with E-state index in [0.29, 0.717) is 45.7 Å². The molecule has 10 heteroatoms. The van der Waals surface area contributed by atoms with E-state index in [1.165, 1.54) is 6.33 Å². The van der Waals surface area contributed by atoms with Crippen molar-refractivity contribution in [2.45, 2.75) is 26.2 Å². The SMILES string of the molecule is CCOC(=O)C1CCCN(c2ncnc(NCCCOC)c2[N+](=O)[O-])C1. The van der Waals surface area contributed by atoms with Crippen molar-refractivity contribution in [3.05, 3.63) is 16.4 Å². The molecule has 2 heterocycles. The first-order valence-electron chi connectivity index (χ1n) is 8.72. The number of ether oxygens (including phenoxy) is 2. The van der Waals surface area contributed by atoms with Crippen molar-refractivity contribution in [2.24, 2.45) is 5.92 Å². The van der Waals surface area contributed by atoms with E-state index >= 15 is 0 Å². The van der Waals surface area contributed by atoms with Gasteiger partial charge in [0.05, 0.1) is 17.4 Å². The Bertz CT molecular complexity index is 627. The van der Waals surface area contributed by atoms with Crippen LogP contribution in [0.25, 0.3) is 0 Å². The maximum absolute atomic E-state index is 12.0. The molecule has 1 fully saturated rings. The minimum atomic E-state index is -0.484. The van der Waals surface area contributed by atoms with E-state index in [1.807, 2.05) is 0 Å². The summed E-state index contributed by atoms with van der Waals surface area (Å²) in [4.78, 5) is 33.1. The zero-order valence-electron chi connectivity index (χ0n) is 15.1. The van der Waals surface area contributed by atoms with Gasteiger partial charge in [0, 0.05) is 33.4 Å². The van der Waals surface area contributed by atoms with Crippen LogP contribution in [0.5, 0.6) is 0 Å². The molecule has 0 bridgehead atoms. The van der Waals surface area contributed by atoms with Gasteiger partial charge in [-0.2, -0.15) is 0 Å². The van der Waals surface area contributed by atoms with Gasteiger partial charge in [0.1, 0.15) is 6.33 Å². The molecule has 1 aromatic rings. The van der Waals surface area contributed by atoms with E-state index in [1.54, 1.807) is 18.9 Å². The van der Waals surface area contributed by atoms with Crippen molar-refractivity contribution in [3.8, 4) is 0 Å². The fraction of sp³-hybridized carbons (Fsp3) is 0.688. The van der Waals surface area contributed by atoms with Gasteiger partial charge in [-0.1, -0.05) is 0 Å². The number of hydrogen-bond acceptors (Lipinski definition) is 9. The van der Waals surface area contributed by atoms with Crippen molar-refractivity contribution in [2.75, 3.05) is 50.2 Å². The molecular formula is C16H25N5O5.